The molecular formula is C14H13Cl2N3O2. The van der Waals surface area contributed by atoms with Crippen molar-refractivity contribution in [2.75, 3.05) is 24.0 Å². The van der Waals surface area contributed by atoms with Crippen LogP contribution in [-0.4, -0.2) is 18.3 Å². The summed E-state index contributed by atoms with van der Waals surface area (Å²) in [5.41, 5.74) is 0.804. The molecule has 0 amide bonds. The van der Waals surface area contributed by atoms with E-state index in [0.717, 1.165) is 18.0 Å². The summed E-state index contributed by atoms with van der Waals surface area (Å²) >= 11 is 12.3. The van der Waals surface area contributed by atoms with Crippen molar-refractivity contribution in [3.05, 3.63) is 34.3 Å². The average molecular weight is 326 g/mol. The predicted octanol–water partition coefficient (Wildman–Crippen LogP) is 4.29. The summed E-state index contributed by atoms with van der Waals surface area (Å²) < 4.78 is 10.6. The van der Waals surface area contributed by atoms with Gasteiger partial charge in [0.05, 0.1) is 10.0 Å². The van der Waals surface area contributed by atoms with Crippen LogP contribution in [-0.2, 0) is 0 Å². The van der Waals surface area contributed by atoms with Crippen molar-refractivity contribution in [2.45, 2.75) is 6.92 Å². The maximum Gasteiger partial charge on any atom is 0.231 e. The number of pyridine rings is 1. The lowest BCUT2D eigenvalue weighted by molar-refractivity contribution is 0.174. The van der Waals surface area contributed by atoms with Gasteiger partial charge < -0.3 is 20.1 Å². The van der Waals surface area contributed by atoms with E-state index in [1.165, 1.54) is 0 Å². The Kier molecular flexibility index (Phi) is 3.94. The van der Waals surface area contributed by atoms with E-state index in [-0.39, 0.29) is 6.79 Å². The Morgan fingerprint density at radius 3 is 2.67 bits per heavy atom. The summed E-state index contributed by atoms with van der Waals surface area (Å²) in [4.78, 5) is 4.39. The van der Waals surface area contributed by atoms with Gasteiger partial charge in [0.2, 0.25) is 6.79 Å². The number of anilines is 3. The molecule has 1 aromatic carbocycles. The van der Waals surface area contributed by atoms with E-state index in [1.54, 1.807) is 6.07 Å². The minimum atomic E-state index is 0.239. The summed E-state index contributed by atoms with van der Waals surface area (Å²) in [6, 6.07) is 7.19. The fourth-order valence-electron chi connectivity index (χ4n) is 1.96. The molecule has 2 N–H and O–H groups in total. The summed E-state index contributed by atoms with van der Waals surface area (Å²) in [7, 11) is 0. The Bertz CT molecular complexity index is 680. The predicted molar refractivity (Wildman–Crippen MR) is 84.3 cm³/mol. The van der Waals surface area contributed by atoms with Gasteiger partial charge in [-0.3, -0.25) is 0 Å². The molecule has 0 unspecified atom stereocenters. The lowest BCUT2D eigenvalue weighted by atomic mass is 10.2. The van der Waals surface area contributed by atoms with Crippen molar-refractivity contribution in [1.29, 1.82) is 0 Å². The number of hydrogen-bond acceptors (Lipinski definition) is 5. The molecular weight excluding hydrogens is 313 g/mol. The number of halogens is 2. The molecule has 0 saturated carbocycles. The normalized spacial score (nSPS) is 12.3. The van der Waals surface area contributed by atoms with E-state index >= 15 is 0 Å². The highest BCUT2D eigenvalue weighted by atomic mass is 35.5. The van der Waals surface area contributed by atoms with Crippen molar-refractivity contribution >= 4 is 40.5 Å². The van der Waals surface area contributed by atoms with Gasteiger partial charge in [-0.1, -0.05) is 23.2 Å². The molecule has 0 fully saturated rings. The van der Waals surface area contributed by atoms with Crippen molar-refractivity contribution in [2.24, 2.45) is 0 Å². The molecule has 5 nitrogen and oxygen atoms in total. The van der Waals surface area contributed by atoms with E-state index in [2.05, 4.69) is 15.6 Å². The maximum absolute atomic E-state index is 6.18. The fourth-order valence-corrected chi connectivity index (χ4v) is 2.43. The molecule has 1 aliphatic rings. The second-order valence-electron chi connectivity index (χ2n) is 4.37. The molecule has 0 aliphatic carbocycles. The minimum Gasteiger partial charge on any atom is -0.454 e. The minimum absolute atomic E-state index is 0.239. The highest BCUT2D eigenvalue weighted by Crippen LogP contribution is 2.36. The molecule has 110 valence electrons. The topological polar surface area (TPSA) is 55.4 Å². The number of nitrogens with zero attached hydrogens (tertiary/aromatic N) is 1. The van der Waals surface area contributed by atoms with Crippen LogP contribution in [0.3, 0.4) is 0 Å². The molecule has 0 bridgehead atoms. The van der Waals surface area contributed by atoms with Crippen LogP contribution in [0, 0.1) is 0 Å². The summed E-state index contributed by atoms with van der Waals surface area (Å²) in [6.45, 7) is 2.93. The highest BCUT2D eigenvalue weighted by Gasteiger charge is 2.14. The standard InChI is InChI=1S/C14H13Cl2N3O2/c1-2-17-13-9(15)6-10(16)14(19-13)18-8-3-4-11-12(5-8)21-7-20-11/h3-6H,2,7H2,1H3,(H2,17,18,19). The van der Waals surface area contributed by atoms with E-state index in [0.29, 0.717) is 27.4 Å². The molecule has 0 spiro atoms. The molecule has 0 atom stereocenters. The molecule has 0 radical (unpaired) electrons. The van der Waals surface area contributed by atoms with Crippen molar-refractivity contribution < 1.29 is 9.47 Å². The first-order valence-corrected chi connectivity index (χ1v) is 7.19. The highest BCUT2D eigenvalue weighted by molar-refractivity contribution is 6.37. The third-order valence-electron chi connectivity index (χ3n) is 2.91. The zero-order valence-corrected chi connectivity index (χ0v) is 12.8. The van der Waals surface area contributed by atoms with Gasteiger partial charge in [0, 0.05) is 18.3 Å². The van der Waals surface area contributed by atoms with E-state index in [9.17, 15) is 0 Å². The zero-order chi connectivity index (χ0) is 14.8. The van der Waals surface area contributed by atoms with Crippen LogP contribution in [0.5, 0.6) is 11.5 Å². The SMILES string of the molecule is CCNc1nc(Nc2ccc3c(c2)OCO3)c(Cl)cc1Cl. The smallest absolute Gasteiger partial charge is 0.231 e. The van der Waals surface area contributed by atoms with Gasteiger partial charge in [-0.15, -0.1) is 0 Å². The van der Waals surface area contributed by atoms with Crippen LogP contribution in [0.1, 0.15) is 6.92 Å². The molecule has 0 saturated heterocycles. The lowest BCUT2D eigenvalue weighted by Gasteiger charge is -2.12. The third kappa shape index (κ3) is 2.94. The zero-order valence-electron chi connectivity index (χ0n) is 11.2. The van der Waals surface area contributed by atoms with Crippen LogP contribution in [0.25, 0.3) is 0 Å². The Hall–Kier alpha value is -1.85. The van der Waals surface area contributed by atoms with Crippen LogP contribution in [0.2, 0.25) is 10.0 Å². The summed E-state index contributed by atoms with van der Waals surface area (Å²) in [6.07, 6.45) is 0. The molecule has 2 aromatic rings. The van der Waals surface area contributed by atoms with Gasteiger partial charge in [0.25, 0.3) is 0 Å². The van der Waals surface area contributed by atoms with Crippen molar-refractivity contribution in [3.63, 3.8) is 0 Å². The molecule has 3 rings (SSSR count). The molecule has 7 heteroatoms. The molecule has 2 heterocycles. The third-order valence-corrected chi connectivity index (χ3v) is 3.49. The Labute approximate surface area is 132 Å². The van der Waals surface area contributed by atoms with Gasteiger partial charge in [0.1, 0.15) is 5.82 Å². The van der Waals surface area contributed by atoms with E-state index < -0.39 is 0 Å². The Morgan fingerprint density at radius 1 is 1.10 bits per heavy atom. The van der Waals surface area contributed by atoms with Crippen LogP contribution in [0.4, 0.5) is 17.3 Å². The summed E-state index contributed by atoms with van der Waals surface area (Å²) in [5.74, 6) is 2.53. The van der Waals surface area contributed by atoms with Gasteiger partial charge in [0.15, 0.2) is 17.3 Å². The van der Waals surface area contributed by atoms with Crippen LogP contribution >= 0.6 is 23.2 Å². The lowest BCUT2D eigenvalue weighted by Crippen LogP contribution is -2.03. The van der Waals surface area contributed by atoms with Crippen LogP contribution < -0.4 is 20.1 Å². The number of benzene rings is 1. The first-order chi connectivity index (χ1) is 10.2. The monoisotopic (exact) mass is 325 g/mol. The number of fused-ring (bicyclic) bond motifs is 1. The summed E-state index contributed by atoms with van der Waals surface area (Å²) in [5, 5.41) is 7.16. The average Bonchev–Trinajstić information content (AvgIpc) is 2.92. The second kappa shape index (κ2) is 5.87. The number of hydrogen-bond donors (Lipinski definition) is 2. The second-order valence-corrected chi connectivity index (χ2v) is 5.19. The van der Waals surface area contributed by atoms with Gasteiger partial charge in [-0.2, -0.15) is 0 Å². The maximum atomic E-state index is 6.18. The Morgan fingerprint density at radius 2 is 1.86 bits per heavy atom. The first kappa shape index (κ1) is 14.1. The Balaban J connectivity index is 1.88. The number of ether oxygens (including phenoxy) is 2. The van der Waals surface area contributed by atoms with Crippen molar-refractivity contribution in [1.82, 2.24) is 4.98 Å². The number of nitrogens with one attached hydrogen (secondary N) is 2. The number of aromatic nitrogens is 1. The van der Waals surface area contributed by atoms with Crippen LogP contribution in [0.15, 0.2) is 24.3 Å². The quantitative estimate of drug-likeness (QED) is 0.878. The van der Waals surface area contributed by atoms with Gasteiger partial charge in [-0.05, 0) is 25.1 Å². The fraction of sp³-hybridized carbons (Fsp3) is 0.214. The molecule has 21 heavy (non-hydrogen) atoms. The first-order valence-electron chi connectivity index (χ1n) is 6.44. The largest absolute Gasteiger partial charge is 0.454 e. The van der Waals surface area contributed by atoms with Crippen molar-refractivity contribution in [3.8, 4) is 11.5 Å². The van der Waals surface area contributed by atoms with Gasteiger partial charge in [-0.25, -0.2) is 4.98 Å². The molecule has 1 aromatic heterocycles. The van der Waals surface area contributed by atoms with Gasteiger partial charge >= 0.3 is 0 Å². The molecule has 1 aliphatic heterocycles. The van der Waals surface area contributed by atoms with E-state index in [1.807, 2.05) is 25.1 Å². The van der Waals surface area contributed by atoms with E-state index in [4.69, 9.17) is 32.7 Å². The number of rotatable bonds is 4.